The van der Waals surface area contributed by atoms with Crippen molar-refractivity contribution >= 4 is 57.4 Å². The first-order chi connectivity index (χ1) is 13.0. The van der Waals surface area contributed by atoms with E-state index in [4.69, 9.17) is 0 Å². The number of aromatic nitrogens is 2. The van der Waals surface area contributed by atoms with E-state index in [-0.39, 0.29) is 18.4 Å². The molecule has 1 atom stereocenters. The molecule has 1 saturated heterocycles. The van der Waals surface area contributed by atoms with E-state index in [1.807, 2.05) is 11.4 Å². The number of rotatable bonds is 7. The van der Waals surface area contributed by atoms with Gasteiger partial charge in [-0.2, -0.15) is 0 Å². The Morgan fingerprint density at radius 2 is 2.26 bits per heavy atom. The fourth-order valence-corrected chi connectivity index (χ4v) is 5.49. The summed E-state index contributed by atoms with van der Waals surface area (Å²) >= 11 is 4.49. The molecular weight excluding hydrogens is 406 g/mol. The lowest BCUT2D eigenvalue weighted by Crippen LogP contribution is -2.46. The smallest absolute Gasteiger partial charge is 0.323 e. The molecule has 142 valence electrons. The van der Waals surface area contributed by atoms with E-state index in [0.29, 0.717) is 5.13 Å². The van der Waals surface area contributed by atoms with Crippen LogP contribution in [0.4, 0.5) is 9.93 Å². The van der Waals surface area contributed by atoms with Crippen molar-refractivity contribution in [3.05, 3.63) is 22.4 Å². The molecule has 27 heavy (non-hydrogen) atoms. The van der Waals surface area contributed by atoms with Crippen LogP contribution in [0.15, 0.2) is 21.9 Å². The number of carbonyl (C=O) groups is 3. The molecule has 1 aliphatic carbocycles. The monoisotopic (exact) mass is 423 g/mol. The van der Waals surface area contributed by atoms with Crippen LogP contribution in [0.1, 0.15) is 24.6 Å². The lowest BCUT2D eigenvalue weighted by molar-refractivity contribution is -0.134. The quantitative estimate of drug-likeness (QED) is 0.403. The normalized spacial score (nSPS) is 22.2. The maximum Gasteiger partial charge on any atom is 0.325 e. The first kappa shape index (κ1) is 18.4. The van der Waals surface area contributed by atoms with Crippen molar-refractivity contribution in [1.82, 2.24) is 20.4 Å². The zero-order valence-electron chi connectivity index (χ0n) is 14.4. The van der Waals surface area contributed by atoms with Crippen molar-refractivity contribution in [2.45, 2.75) is 35.4 Å². The maximum absolute atomic E-state index is 12.5. The highest BCUT2D eigenvalue weighted by Crippen LogP contribution is 2.42. The van der Waals surface area contributed by atoms with Gasteiger partial charge in [0, 0.05) is 10.6 Å². The molecule has 4 amide bonds. The third kappa shape index (κ3) is 3.85. The summed E-state index contributed by atoms with van der Waals surface area (Å²) in [7, 11) is 0. The van der Waals surface area contributed by atoms with Crippen LogP contribution in [0.25, 0.3) is 0 Å². The predicted molar refractivity (Wildman–Crippen MR) is 104 cm³/mol. The number of urea groups is 1. The molecule has 0 spiro atoms. The average Bonchev–Trinajstić information content (AvgIpc) is 3.12. The van der Waals surface area contributed by atoms with Gasteiger partial charge in [-0.05, 0) is 37.1 Å². The van der Waals surface area contributed by atoms with E-state index in [1.165, 1.54) is 16.2 Å². The molecule has 11 heteroatoms. The topological polar surface area (TPSA) is 104 Å². The van der Waals surface area contributed by atoms with Gasteiger partial charge in [0.15, 0.2) is 4.34 Å². The van der Waals surface area contributed by atoms with Crippen LogP contribution < -0.4 is 10.6 Å². The summed E-state index contributed by atoms with van der Waals surface area (Å²) in [6.07, 6.45) is 1.83. The predicted octanol–water partition coefficient (Wildman–Crippen LogP) is 2.55. The average molecular weight is 424 g/mol. The van der Waals surface area contributed by atoms with Gasteiger partial charge < -0.3 is 5.32 Å². The van der Waals surface area contributed by atoms with Crippen molar-refractivity contribution < 1.29 is 14.4 Å². The number of nitrogens with one attached hydrogen (secondary N) is 2. The first-order valence-corrected chi connectivity index (χ1v) is 11.1. The Kier molecular flexibility index (Phi) is 4.91. The Balaban J connectivity index is 1.32. The van der Waals surface area contributed by atoms with Gasteiger partial charge in [-0.3, -0.25) is 19.8 Å². The highest BCUT2D eigenvalue weighted by atomic mass is 32.2. The Morgan fingerprint density at radius 3 is 2.96 bits per heavy atom. The van der Waals surface area contributed by atoms with E-state index in [9.17, 15) is 14.4 Å². The van der Waals surface area contributed by atoms with Crippen LogP contribution in [0.2, 0.25) is 0 Å². The summed E-state index contributed by atoms with van der Waals surface area (Å²) in [6, 6.07) is 3.53. The second-order valence-corrected chi connectivity index (χ2v) is 9.82. The summed E-state index contributed by atoms with van der Waals surface area (Å²) in [5.41, 5.74) is -0.883. The van der Waals surface area contributed by atoms with Crippen LogP contribution in [0.3, 0.4) is 0 Å². The number of anilines is 1. The molecule has 0 radical (unpaired) electrons. The van der Waals surface area contributed by atoms with Crippen molar-refractivity contribution in [3.63, 3.8) is 0 Å². The van der Waals surface area contributed by atoms with Gasteiger partial charge in [0.1, 0.15) is 12.1 Å². The number of amides is 4. The molecule has 4 rings (SSSR count). The van der Waals surface area contributed by atoms with E-state index in [0.717, 1.165) is 27.8 Å². The fraction of sp³-hybridized carbons (Fsp3) is 0.438. The molecule has 2 N–H and O–H groups in total. The Labute approximate surface area is 167 Å². The summed E-state index contributed by atoms with van der Waals surface area (Å²) < 4.78 is 0.745. The first-order valence-electron chi connectivity index (χ1n) is 8.38. The Morgan fingerprint density at radius 1 is 1.44 bits per heavy atom. The highest BCUT2D eigenvalue weighted by molar-refractivity contribution is 8.00. The van der Waals surface area contributed by atoms with Crippen molar-refractivity contribution in [1.29, 1.82) is 0 Å². The summed E-state index contributed by atoms with van der Waals surface area (Å²) in [5.74, 6) is 0.148. The zero-order valence-corrected chi connectivity index (χ0v) is 16.9. The number of imide groups is 1. The molecule has 0 aromatic carbocycles. The molecule has 8 nitrogen and oxygen atoms in total. The van der Waals surface area contributed by atoms with E-state index in [2.05, 4.69) is 26.9 Å². The highest BCUT2D eigenvalue weighted by Gasteiger charge is 2.56. The van der Waals surface area contributed by atoms with Crippen LogP contribution in [-0.2, 0) is 15.3 Å². The zero-order chi connectivity index (χ0) is 19.0. The SMILES string of the molecule is C[C@]1(C2CC2)NC(=O)N(CC(=O)Nc2nnc(SCc3cccs3)s2)C1=O. The van der Waals surface area contributed by atoms with Gasteiger partial charge in [0.05, 0.1) is 0 Å². The lowest BCUT2D eigenvalue weighted by atomic mass is 9.96. The molecule has 2 fully saturated rings. The van der Waals surface area contributed by atoms with Gasteiger partial charge >= 0.3 is 6.03 Å². The van der Waals surface area contributed by atoms with Gasteiger partial charge in [0.25, 0.3) is 5.91 Å². The number of hydrogen-bond acceptors (Lipinski definition) is 8. The number of hydrogen-bond donors (Lipinski definition) is 2. The van der Waals surface area contributed by atoms with E-state index in [1.54, 1.807) is 30.0 Å². The largest absolute Gasteiger partial charge is 0.325 e. The molecule has 3 heterocycles. The molecule has 1 saturated carbocycles. The van der Waals surface area contributed by atoms with Gasteiger partial charge in [0.2, 0.25) is 11.0 Å². The van der Waals surface area contributed by atoms with Crippen molar-refractivity contribution in [2.24, 2.45) is 5.92 Å². The van der Waals surface area contributed by atoms with Crippen LogP contribution >= 0.6 is 34.4 Å². The van der Waals surface area contributed by atoms with Crippen LogP contribution in [-0.4, -0.2) is 45.0 Å². The minimum Gasteiger partial charge on any atom is -0.323 e. The maximum atomic E-state index is 12.5. The molecule has 0 unspecified atom stereocenters. The lowest BCUT2D eigenvalue weighted by Gasteiger charge is -2.20. The van der Waals surface area contributed by atoms with Gasteiger partial charge in [-0.25, -0.2) is 4.79 Å². The van der Waals surface area contributed by atoms with Gasteiger partial charge in [-0.1, -0.05) is 29.2 Å². The standard InChI is InChI=1S/C16H17N5O3S3/c1-16(9-4-5-9)12(23)21(14(24)18-16)7-11(22)17-13-19-20-15(27-13)26-8-10-3-2-6-25-10/h2-3,6,9H,4-5,7-8H2,1H3,(H,18,24)(H,17,19,22)/t16-/m1/s1. The number of thioether (sulfide) groups is 1. The number of thiophene rings is 1. The second kappa shape index (κ2) is 7.21. The van der Waals surface area contributed by atoms with E-state index >= 15 is 0 Å². The third-order valence-corrected chi connectivity index (χ3v) is 7.65. The minimum atomic E-state index is -0.883. The summed E-state index contributed by atoms with van der Waals surface area (Å²) in [5, 5.41) is 15.7. The molecule has 2 aromatic rings. The van der Waals surface area contributed by atoms with Crippen molar-refractivity contribution in [3.8, 4) is 0 Å². The minimum absolute atomic E-state index is 0.160. The number of carbonyl (C=O) groups excluding carboxylic acids is 3. The second-order valence-electron chi connectivity index (χ2n) is 6.59. The molecular formula is C16H17N5O3S3. The van der Waals surface area contributed by atoms with Crippen LogP contribution in [0, 0.1) is 5.92 Å². The summed E-state index contributed by atoms with van der Waals surface area (Å²) in [4.78, 5) is 39.1. The number of nitrogens with zero attached hydrogens (tertiary/aromatic N) is 3. The van der Waals surface area contributed by atoms with Gasteiger partial charge in [-0.15, -0.1) is 21.5 Å². The third-order valence-electron chi connectivity index (χ3n) is 4.57. The van der Waals surface area contributed by atoms with Crippen LogP contribution in [0.5, 0.6) is 0 Å². The Hall–Kier alpha value is -1.98. The summed E-state index contributed by atoms with van der Waals surface area (Å²) in [6.45, 7) is 1.40. The fourth-order valence-electron chi connectivity index (χ4n) is 2.95. The molecule has 1 aliphatic heterocycles. The van der Waals surface area contributed by atoms with Crippen molar-refractivity contribution in [2.75, 3.05) is 11.9 Å². The molecule has 2 aromatic heterocycles. The van der Waals surface area contributed by atoms with E-state index < -0.39 is 17.5 Å². The molecule has 2 aliphatic rings. The Bertz CT molecular complexity index is 880. The molecule has 0 bridgehead atoms.